The lowest BCUT2D eigenvalue weighted by Gasteiger charge is -2.40. The van der Waals surface area contributed by atoms with Crippen LogP contribution in [0.25, 0.3) is 0 Å². The van der Waals surface area contributed by atoms with Crippen molar-refractivity contribution in [1.82, 2.24) is 10.6 Å². The van der Waals surface area contributed by atoms with Gasteiger partial charge in [-0.2, -0.15) is 0 Å². The Morgan fingerprint density at radius 2 is 2.00 bits per heavy atom. The average Bonchev–Trinajstić information content (AvgIpc) is 3.34. The van der Waals surface area contributed by atoms with Gasteiger partial charge < -0.3 is 24.8 Å². The van der Waals surface area contributed by atoms with Crippen LogP contribution in [0.15, 0.2) is 24.3 Å². The minimum absolute atomic E-state index is 0. The number of nitrogens with one attached hydrogen (secondary N) is 2. The lowest BCUT2D eigenvalue weighted by atomic mass is 9.83. The molecule has 0 atom stereocenters. The van der Waals surface area contributed by atoms with E-state index in [1.54, 1.807) is 11.3 Å². The SMILES string of the molecule is Cl.O=C(NCc1ccc2c(c1)OCO2)c1cc2c(s1)CCOC21CCNCC1. The van der Waals surface area contributed by atoms with Crippen LogP contribution in [0.1, 0.15) is 38.5 Å². The fraction of sp³-hybridized carbons (Fsp3) is 0.450. The maximum Gasteiger partial charge on any atom is 0.261 e. The van der Waals surface area contributed by atoms with Crippen LogP contribution >= 0.6 is 23.7 Å². The Morgan fingerprint density at radius 3 is 2.86 bits per heavy atom. The fourth-order valence-corrected chi connectivity index (χ4v) is 5.24. The van der Waals surface area contributed by atoms with Crippen molar-refractivity contribution in [2.24, 2.45) is 0 Å². The number of benzene rings is 1. The van der Waals surface area contributed by atoms with Crippen LogP contribution in [0, 0.1) is 0 Å². The number of rotatable bonds is 3. The van der Waals surface area contributed by atoms with Gasteiger partial charge in [-0.15, -0.1) is 23.7 Å². The van der Waals surface area contributed by atoms with Gasteiger partial charge in [0.05, 0.1) is 17.1 Å². The molecule has 5 rings (SSSR count). The molecule has 1 aromatic heterocycles. The number of amides is 1. The number of hydrogen-bond donors (Lipinski definition) is 2. The monoisotopic (exact) mass is 422 g/mol. The first-order valence-corrected chi connectivity index (χ1v) is 10.2. The van der Waals surface area contributed by atoms with E-state index < -0.39 is 0 Å². The smallest absolute Gasteiger partial charge is 0.261 e. The van der Waals surface area contributed by atoms with E-state index in [0.717, 1.165) is 60.9 Å². The van der Waals surface area contributed by atoms with Crippen LogP contribution < -0.4 is 20.1 Å². The number of ether oxygens (including phenoxy) is 3. The first-order valence-electron chi connectivity index (χ1n) is 9.38. The van der Waals surface area contributed by atoms with Gasteiger partial charge >= 0.3 is 0 Å². The van der Waals surface area contributed by atoms with E-state index >= 15 is 0 Å². The van der Waals surface area contributed by atoms with Crippen LogP contribution in [-0.2, 0) is 23.3 Å². The molecule has 0 aliphatic carbocycles. The van der Waals surface area contributed by atoms with Gasteiger partial charge in [-0.1, -0.05) is 6.07 Å². The van der Waals surface area contributed by atoms with E-state index in [0.29, 0.717) is 6.54 Å². The van der Waals surface area contributed by atoms with Crippen molar-refractivity contribution < 1.29 is 19.0 Å². The van der Waals surface area contributed by atoms with Crippen molar-refractivity contribution in [3.8, 4) is 11.5 Å². The highest BCUT2D eigenvalue weighted by Crippen LogP contribution is 2.43. The molecule has 4 heterocycles. The number of hydrogen-bond acceptors (Lipinski definition) is 6. The third-order valence-corrected chi connectivity index (χ3v) is 6.73. The number of halogens is 1. The van der Waals surface area contributed by atoms with Crippen molar-refractivity contribution >= 4 is 29.7 Å². The molecule has 0 unspecified atom stereocenters. The van der Waals surface area contributed by atoms with E-state index in [1.165, 1.54) is 10.4 Å². The minimum Gasteiger partial charge on any atom is -0.454 e. The Hall–Kier alpha value is -1.80. The van der Waals surface area contributed by atoms with Crippen molar-refractivity contribution in [3.05, 3.63) is 45.1 Å². The Morgan fingerprint density at radius 1 is 1.18 bits per heavy atom. The highest BCUT2D eigenvalue weighted by Gasteiger charge is 2.40. The fourth-order valence-electron chi connectivity index (χ4n) is 4.09. The quantitative estimate of drug-likeness (QED) is 0.795. The second-order valence-electron chi connectivity index (χ2n) is 7.16. The maximum atomic E-state index is 12.7. The van der Waals surface area contributed by atoms with Crippen LogP contribution in [0.5, 0.6) is 11.5 Å². The van der Waals surface area contributed by atoms with Gasteiger partial charge in [-0.25, -0.2) is 0 Å². The standard InChI is InChI=1S/C20H22N2O4S.ClH/c23-19(22-11-13-1-2-15-16(9-13)25-12-24-15)18-10-14-17(27-18)3-8-26-20(14)4-6-21-7-5-20;/h1-2,9-10,21H,3-8,11-12H2,(H,22,23);1H. The largest absolute Gasteiger partial charge is 0.454 e. The van der Waals surface area contributed by atoms with Gasteiger partial charge in [0, 0.05) is 17.8 Å². The van der Waals surface area contributed by atoms with Crippen molar-refractivity contribution in [3.63, 3.8) is 0 Å². The molecule has 0 saturated carbocycles. The molecule has 3 aliphatic rings. The van der Waals surface area contributed by atoms with Crippen molar-refractivity contribution in [1.29, 1.82) is 0 Å². The van der Waals surface area contributed by atoms with E-state index in [9.17, 15) is 4.79 Å². The summed E-state index contributed by atoms with van der Waals surface area (Å²) < 4.78 is 16.9. The summed E-state index contributed by atoms with van der Waals surface area (Å²) in [6.45, 7) is 3.38. The summed E-state index contributed by atoms with van der Waals surface area (Å²) in [5, 5.41) is 6.43. The van der Waals surface area contributed by atoms with E-state index in [4.69, 9.17) is 14.2 Å². The first-order chi connectivity index (χ1) is 13.2. The Bertz CT molecular complexity index is 879. The van der Waals surface area contributed by atoms with Gasteiger partial charge in [-0.3, -0.25) is 4.79 Å². The maximum absolute atomic E-state index is 12.7. The summed E-state index contributed by atoms with van der Waals surface area (Å²) in [7, 11) is 0. The van der Waals surface area contributed by atoms with Gasteiger partial charge in [0.15, 0.2) is 11.5 Å². The van der Waals surface area contributed by atoms with Crippen LogP contribution in [0.2, 0.25) is 0 Å². The normalized spacial score (nSPS) is 19.0. The van der Waals surface area contributed by atoms with Gasteiger partial charge in [0.2, 0.25) is 6.79 Å². The predicted octanol–water partition coefficient (Wildman–Crippen LogP) is 2.98. The molecule has 6 nitrogen and oxygen atoms in total. The zero-order valence-corrected chi connectivity index (χ0v) is 17.0. The lowest BCUT2D eigenvalue weighted by molar-refractivity contribution is -0.0792. The molecule has 1 spiro atoms. The van der Waals surface area contributed by atoms with Gasteiger partial charge in [-0.05, 0) is 55.3 Å². The molecule has 1 fully saturated rings. The summed E-state index contributed by atoms with van der Waals surface area (Å²) >= 11 is 1.61. The third-order valence-electron chi connectivity index (χ3n) is 5.53. The van der Waals surface area contributed by atoms with Gasteiger partial charge in [0.1, 0.15) is 0 Å². The molecule has 150 valence electrons. The zero-order chi connectivity index (χ0) is 18.3. The number of thiophene rings is 1. The van der Waals surface area contributed by atoms with E-state index in [1.807, 2.05) is 18.2 Å². The number of carbonyl (C=O) groups excluding carboxylic acids is 1. The molecule has 2 aromatic rings. The summed E-state index contributed by atoms with van der Waals surface area (Å²) in [4.78, 5) is 14.8. The predicted molar refractivity (Wildman–Crippen MR) is 109 cm³/mol. The topological polar surface area (TPSA) is 68.8 Å². The number of fused-ring (bicyclic) bond motifs is 3. The molecule has 1 saturated heterocycles. The van der Waals surface area contributed by atoms with Gasteiger partial charge in [0.25, 0.3) is 5.91 Å². The Kier molecular flexibility index (Phi) is 5.51. The molecule has 1 amide bonds. The highest BCUT2D eigenvalue weighted by atomic mass is 35.5. The second-order valence-corrected chi connectivity index (χ2v) is 8.30. The molecular formula is C20H23ClN2O4S. The number of carbonyl (C=O) groups is 1. The molecule has 28 heavy (non-hydrogen) atoms. The summed E-state index contributed by atoms with van der Waals surface area (Å²) in [6.07, 6.45) is 2.83. The first kappa shape index (κ1) is 19.5. The Labute approximate surface area is 174 Å². The van der Waals surface area contributed by atoms with E-state index in [2.05, 4.69) is 16.7 Å². The molecule has 1 aromatic carbocycles. The minimum atomic E-state index is -0.203. The molecule has 3 aliphatic heterocycles. The zero-order valence-electron chi connectivity index (χ0n) is 15.4. The Balaban J connectivity index is 0.00000192. The van der Waals surface area contributed by atoms with Crippen molar-refractivity contribution in [2.75, 3.05) is 26.5 Å². The lowest BCUT2D eigenvalue weighted by Crippen LogP contribution is -2.44. The van der Waals surface area contributed by atoms with Crippen LogP contribution in [-0.4, -0.2) is 32.4 Å². The summed E-state index contributed by atoms with van der Waals surface area (Å²) in [6, 6.07) is 7.80. The third kappa shape index (κ3) is 3.48. The number of piperidine rings is 1. The molecule has 0 radical (unpaired) electrons. The van der Waals surface area contributed by atoms with Crippen LogP contribution in [0.4, 0.5) is 0 Å². The van der Waals surface area contributed by atoms with Crippen LogP contribution in [0.3, 0.4) is 0 Å². The summed E-state index contributed by atoms with van der Waals surface area (Å²) in [5.41, 5.74) is 2.02. The second kappa shape index (κ2) is 7.91. The molecule has 2 N–H and O–H groups in total. The van der Waals surface area contributed by atoms with Crippen molar-refractivity contribution in [2.45, 2.75) is 31.4 Å². The molecule has 8 heteroatoms. The molecule has 0 bridgehead atoms. The molecular weight excluding hydrogens is 400 g/mol. The highest BCUT2D eigenvalue weighted by molar-refractivity contribution is 7.14. The van der Waals surface area contributed by atoms with E-state index in [-0.39, 0.29) is 30.7 Å². The summed E-state index contributed by atoms with van der Waals surface area (Å²) in [5.74, 6) is 1.46. The average molecular weight is 423 g/mol.